The number of nitrogens with zero attached hydrogens (tertiary/aromatic N) is 3. The van der Waals surface area contributed by atoms with E-state index in [1.54, 1.807) is 44.2 Å². The standard InChI is InChI=1S/C16H10BF2N3O2S/c17-13-8-21-15(25-16(18,19)14(23)24)22(13)12-6-5-9(7-20)10-3-1-2-4-11(10)12/h1-6,8H,17H2,(H,23,24). The molecular weight excluding hydrogens is 347 g/mol. The normalized spacial score (nSPS) is 11.4. The second-order valence-electron chi connectivity index (χ2n) is 5.23. The highest BCUT2D eigenvalue weighted by Gasteiger charge is 2.42. The highest BCUT2D eigenvalue weighted by Crippen LogP contribution is 2.36. The third-order valence-electron chi connectivity index (χ3n) is 3.64. The van der Waals surface area contributed by atoms with Crippen LogP contribution in [-0.2, 0) is 4.79 Å². The summed E-state index contributed by atoms with van der Waals surface area (Å²) in [6.07, 6.45) is 1.40. The molecule has 5 nitrogen and oxygen atoms in total. The molecule has 3 aromatic rings. The monoisotopic (exact) mass is 357 g/mol. The van der Waals surface area contributed by atoms with Crippen molar-refractivity contribution in [1.29, 1.82) is 5.26 Å². The number of rotatable bonds is 4. The van der Waals surface area contributed by atoms with E-state index in [0.29, 0.717) is 27.6 Å². The number of imidazole rings is 1. The molecule has 0 atom stereocenters. The Bertz CT molecular complexity index is 1030. The number of carboxylic acid groups (broad SMARTS) is 1. The molecule has 0 bridgehead atoms. The fourth-order valence-electron chi connectivity index (χ4n) is 2.51. The van der Waals surface area contributed by atoms with Gasteiger partial charge in [-0.1, -0.05) is 24.3 Å². The number of thioether (sulfide) groups is 1. The van der Waals surface area contributed by atoms with Gasteiger partial charge in [0, 0.05) is 17.0 Å². The average Bonchev–Trinajstić information content (AvgIpc) is 2.93. The number of aromatic nitrogens is 2. The molecule has 3 rings (SSSR count). The first-order valence-corrected chi connectivity index (χ1v) is 7.93. The Kier molecular flexibility index (Phi) is 4.23. The first kappa shape index (κ1) is 17.0. The zero-order chi connectivity index (χ0) is 18.2. The van der Waals surface area contributed by atoms with Gasteiger partial charge < -0.3 is 9.67 Å². The van der Waals surface area contributed by atoms with Gasteiger partial charge in [0.1, 0.15) is 0 Å². The summed E-state index contributed by atoms with van der Waals surface area (Å²) < 4.78 is 28.7. The molecule has 0 aliphatic heterocycles. The summed E-state index contributed by atoms with van der Waals surface area (Å²) in [4.78, 5) is 14.7. The molecule has 1 N–H and O–H groups in total. The van der Waals surface area contributed by atoms with Crippen LogP contribution in [0.5, 0.6) is 0 Å². The van der Waals surface area contributed by atoms with Gasteiger partial charge in [0.25, 0.3) is 0 Å². The van der Waals surface area contributed by atoms with Gasteiger partial charge in [-0.25, -0.2) is 9.78 Å². The number of nitriles is 1. The molecule has 2 aromatic carbocycles. The van der Waals surface area contributed by atoms with Crippen molar-refractivity contribution in [3.63, 3.8) is 0 Å². The summed E-state index contributed by atoms with van der Waals surface area (Å²) in [5.74, 6) is -2.23. The van der Waals surface area contributed by atoms with E-state index in [-0.39, 0.29) is 16.9 Å². The Labute approximate surface area is 146 Å². The van der Waals surface area contributed by atoms with Gasteiger partial charge in [-0.3, -0.25) is 0 Å². The van der Waals surface area contributed by atoms with E-state index in [1.807, 2.05) is 0 Å². The Hall–Kier alpha value is -2.86. The van der Waals surface area contributed by atoms with Crippen molar-refractivity contribution in [2.24, 2.45) is 0 Å². The van der Waals surface area contributed by atoms with E-state index in [9.17, 15) is 18.8 Å². The number of hydrogen-bond acceptors (Lipinski definition) is 4. The third-order valence-corrected chi connectivity index (χ3v) is 4.54. The molecule has 0 spiro atoms. The van der Waals surface area contributed by atoms with Gasteiger partial charge in [-0.2, -0.15) is 14.0 Å². The van der Waals surface area contributed by atoms with Gasteiger partial charge in [-0.05, 0) is 29.5 Å². The first-order chi connectivity index (χ1) is 11.8. The summed E-state index contributed by atoms with van der Waals surface area (Å²) in [6, 6.07) is 12.4. The quantitative estimate of drug-likeness (QED) is 0.570. The molecule has 25 heavy (non-hydrogen) atoms. The van der Waals surface area contributed by atoms with E-state index < -0.39 is 11.2 Å². The number of benzene rings is 2. The molecule has 1 aromatic heterocycles. The van der Waals surface area contributed by atoms with Crippen LogP contribution in [0.2, 0.25) is 0 Å². The Morgan fingerprint density at radius 2 is 1.96 bits per heavy atom. The summed E-state index contributed by atoms with van der Waals surface area (Å²) in [7, 11) is 1.68. The summed E-state index contributed by atoms with van der Waals surface area (Å²) >= 11 is -0.131. The number of hydrogen-bond donors (Lipinski definition) is 1. The summed E-state index contributed by atoms with van der Waals surface area (Å²) in [5.41, 5.74) is 1.58. The predicted octanol–water partition coefficient (Wildman–Crippen LogP) is 1.93. The molecule has 124 valence electrons. The number of aliphatic carboxylic acids is 1. The zero-order valence-electron chi connectivity index (χ0n) is 12.9. The molecule has 0 fully saturated rings. The van der Waals surface area contributed by atoms with E-state index in [4.69, 9.17) is 5.11 Å². The second kappa shape index (κ2) is 6.22. The van der Waals surface area contributed by atoms with Crippen molar-refractivity contribution in [3.05, 3.63) is 48.2 Å². The largest absolute Gasteiger partial charge is 0.476 e. The highest BCUT2D eigenvalue weighted by atomic mass is 32.2. The van der Waals surface area contributed by atoms with Crippen LogP contribution in [0.4, 0.5) is 8.78 Å². The molecule has 0 saturated heterocycles. The molecule has 1 heterocycles. The molecule has 0 unspecified atom stereocenters. The minimum Gasteiger partial charge on any atom is -0.476 e. The fourth-order valence-corrected chi connectivity index (χ4v) is 3.27. The number of fused-ring (bicyclic) bond motifs is 1. The molecule has 0 aliphatic rings. The van der Waals surface area contributed by atoms with E-state index in [1.165, 1.54) is 10.8 Å². The molecule has 9 heteroatoms. The lowest BCUT2D eigenvalue weighted by atomic mass is 10.0. The van der Waals surface area contributed by atoms with E-state index >= 15 is 0 Å². The van der Waals surface area contributed by atoms with Crippen molar-refractivity contribution in [3.8, 4) is 11.8 Å². The van der Waals surface area contributed by atoms with Crippen molar-refractivity contribution in [2.45, 2.75) is 10.4 Å². The molecule has 0 amide bonds. The van der Waals surface area contributed by atoms with Gasteiger partial charge in [0.15, 0.2) is 13.0 Å². The maximum absolute atomic E-state index is 13.6. The number of halogens is 2. The Morgan fingerprint density at radius 3 is 2.60 bits per heavy atom. The van der Waals surface area contributed by atoms with Crippen LogP contribution in [0.1, 0.15) is 5.56 Å². The Morgan fingerprint density at radius 1 is 1.28 bits per heavy atom. The molecule has 0 aliphatic carbocycles. The SMILES string of the molecule is Bc1cnc(SC(F)(F)C(=O)O)n1-c1ccc(C#N)c2ccccc12. The van der Waals surface area contributed by atoms with Gasteiger partial charge in [-0.15, -0.1) is 0 Å². The van der Waals surface area contributed by atoms with Crippen LogP contribution in [0.15, 0.2) is 47.8 Å². The summed E-state index contributed by atoms with van der Waals surface area (Å²) in [5, 5.41) is 15.1. The summed E-state index contributed by atoms with van der Waals surface area (Å²) in [6.45, 7) is 0. The van der Waals surface area contributed by atoms with Crippen molar-refractivity contribution < 1.29 is 18.7 Å². The van der Waals surface area contributed by atoms with Crippen LogP contribution in [0.3, 0.4) is 0 Å². The van der Waals surface area contributed by atoms with E-state index in [0.717, 1.165) is 0 Å². The number of carbonyl (C=O) groups is 1. The smallest absolute Gasteiger partial charge is 0.395 e. The molecule has 0 saturated carbocycles. The minimum absolute atomic E-state index is 0.131. The van der Waals surface area contributed by atoms with Crippen LogP contribution >= 0.6 is 11.8 Å². The Balaban J connectivity index is 2.22. The minimum atomic E-state index is -4.00. The third kappa shape index (κ3) is 2.96. The van der Waals surface area contributed by atoms with Gasteiger partial charge >= 0.3 is 11.2 Å². The lowest BCUT2D eigenvalue weighted by Crippen LogP contribution is -2.25. The van der Waals surface area contributed by atoms with Crippen LogP contribution in [0.25, 0.3) is 16.5 Å². The lowest BCUT2D eigenvalue weighted by molar-refractivity contribution is -0.152. The van der Waals surface area contributed by atoms with Crippen molar-refractivity contribution >= 4 is 41.9 Å². The highest BCUT2D eigenvalue weighted by molar-refractivity contribution is 8.00. The lowest BCUT2D eigenvalue weighted by Gasteiger charge is -2.15. The maximum Gasteiger partial charge on any atom is 0.395 e. The topological polar surface area (TPSA) is 78.9 Å². The average molecular weight is 357 g/mol. The van der Waals surface area contributed by atoms with Gasteiger partial charge in [0.05, 0.1) is 17.3 Å². The number of carboxylic acids is 1. The van der Waals surface area contributed by atoms with Crippen molar-refractivity contribution in [2.75, 3.05) is 0 Å². The molecule has 0 radical (unpaired) electrons. The molecular formula is C16H10BF2N3O2S. The zero-order valence-corrected chi connectivity index (χ0v) is 13.7. The van der Waals surface area contributed by atoms with Crippen molar-refractivity contribution in [1.82, 2.24) is 9.55 Å². The van der Waals surface area contributed by atoms with E-state index in [2.05, 4.69) is 11.1 Å². The van der Waals surface area contributed by atoms with Crippen LogP contribution in [-0.4, -0.2) is 33.7 Å². The van der Waals surface area contributed by atoms with Crippen LogP contribution in [0, 0.1) is 11.3 Å². The van der Waals surface area contributed by atoms with Crippen LogP contribution < -0.4 is 5.59 Å². The first-order valence-electron chi connectivity index (χ1n) is 7.12. The predicted molar refractivity (Wildman–Crippen MR) is 92.4 cm³/mol. The maximum atomic E-state index is 13.6. The van der Waals surface area contributed by atoms with Gasteiger partial charge in [0.2, 0.25) is 0 Å². The fraction of sp³-hybridized carbons (Fsp3) is 0.0625. The second-order valence-corrected chi connectivity index (χ2v) is 6.31. The number of alkyl halides is 2.